The van der Waals surface area contributed by atoms with Crippen LogP contribution >= 0.6 is 11.6 Å². The van der Waals surface area contributed by atoms with Crippen LogP contribution in [-0.2, 0) is 9.31 Å². The minimum Gasteiger partial charge on any atom is -0.400 e. The monoisotopic (exact) mass is 332 g/mol. The van der Waals surface area contributed by atoms with Crippen molar-refractivity contribution >= 4 is 24.8 Å². The Hall–Kier alpha value is -1.32. The fourth-order valence-electron chi connectivity index (χ4n) is 2.32. The van der Waals surface area contributed by atoms with Gasteiger partial charge < -0.3 is 14.6 Å². The molecule has 1 fully saturated rings. The van der Waals surface area contributed by atoms with Crippen LogP contribution in [0.4, 0.5) is 0 Å². The molecule has 0 unspecified atom stereocenters. The molecule has 1 aromatic rings. The van der Waals surface area contributed by atoms with Crippen LogP contribution in [0, 0.1) is 11.3 Å². The summed E-state index contributed by atoms with van der Waals surface area (Å²) in [5, 5.41) is 12.8. The maximum Gasteiger partial charge on any atom is 0.491 e. The van der Waals surface area contributed by atoms with E-state index in [9.17, 15) is 0 Å². The first-order valence-corrected chi connectivity index (χ1v) is 7.98. The third kappa shape index (κ3) is 3.78. The first-order valence-electron chi connectivity index (χ1n) is 7.60. The van der Waals surface area contributed by atoms with Crippen molar-refractivity contribution in [3.8, 4) is 6.07 Å². The second-order valence-electron chi connectivity index (χ2n) is 6.69. The number of nitrogens with zero attached hydrogens (tertiary/aromatic N) is 1. The second-order valence-corrected chi connectivity index (χ2v) is 7.09. The van der Waals surface area contributed by atoms with E-state index in [1.807, 2.05) is 40.8 Å². The summed E-state index contributed by atoms with van der Waals surface area (Å²) in [6.45, 7) is 8.69. The average molecular weight is 333 g/mol. The molecule has 1 aliphatic heterocycles. The Morgan fingerprint density at radius 3 is 2.43 bits per heavy atom. The van der Waals surface area contributed by atoms with E-state index in [0.717, 1.165) is 11.0 Å². The van der Waals surface area contributed by atoms with Crippen molar-refractivity contribution in [3.63, 3.8) is 0 Å². The van der Waals surface area contributed by atoms with E-state index in [0.29, 0.717) is 17.1 Å². The van der Waals surface area contributed by atoms with Gasteiger partial charge in [0.25, 0.3) is 0 Å². The number of nitrogens with one attached hydrogen (secondary N) is 1. The van der Waals surface area contributed by atoms with Gasteiger partial charge in [0.05, 0.1) is 22.8 Å². The van der Waals surface area contributed by atoms with Gasteiger partial charge in [-0.3, -0.25) is 0 Å². The summed E-state index contributed by atoms with van der Waals surface area (Å²) in [5.41, 5.74) is 1.48. The average Bonchev–Trinajstić information content (AvgIpc) is 2.69. The van der Waals surface area contributed by atoms with Gasteiger partial charge in [-0.2, -0.15) is 5.26 Å². The molecular weight excluding hydrogens is 310 g/mol. The molecule has 4 nitrogen and oxygen atoms in total. The van der Waals surface area contributed by atoms with Crippen LogP contribution in [0.5, 0.6) is 0 Å². The lowest BCUT2D eigenvalue weighted by Gasteiger charge is -2.32. The summed E-state index contributed by atoms with van der Waals surface area (Å²) < 4.78 is 12.2. The minimum atomic E-state index is -0.450. The highest BCUT2D eigenvalue weighted by atomic mass is 35.5. The lowest BCUT2D eigenvalue weighted by Crippen LogP contribution is -2.41. The molecule has 1 saturated heterocycles. The molecule has 0 aliphatic carbocycles. The maximum absolute atomic E-state index is 9.06. The number of hydrogen-bond acceptors (Lipinski definition) is 4. The number of halogens is 1. The van der Waals surface area contributed by atoms with Crippen molar-refractivity contribution < 1.29 is 9.31 Å². The predicted octanol–water partition coefficient (Wildman–Crippen LogP) is 3.45. The molecule has 0 radical (unpaired) electrons. The van der Waals surface area contributed by atoms with Crippen LogP contribution in [0.15, 0.2) is 23.7 Å². The van der Waals surface area contributed by atoms with Crippen molar-refractivity contribution in [1.29, 1.82) is 5.26 Å². The highest BCUT2D eigenvalue weighted by molar-refractivity contribution is 6.56. The third-order valence-corrected chi connectivity index (χ3v) is 4.75. The van der Waals surface area contributed by atoms with Gasteiger partial charge >= 0.3 is 7.12 Å². The molecular formula is C17H22BClN2O2. The van der Waals surface area contributed by atoms with Crippen molar-refractivity contribution in [2.24, 2.45) is 0 Å². The molecule has 0 aromatic heterocycles. The molecule has 0 amide bonds. The van der Waals surface area contributed by atoms with Crippen molar-refractivity contribution in [2.45, 2.75) is 38.9 Å². The van der Waals surface area contributed by atoms with Gasteiger partial charge in [-0.1, -0.05) is 17.7 Å². The smallest absolute Gasteiger partial charge is 0.400 e. The van der Waals surface area contributed by atoms with Crippen LogP contribution < -0.4 is 5.32 Å². The van der Waals surface area contributed by atoms with Gasteiger partial charge in [-0.15, -0.1) is 0 Å². The molecule has 0 atom stereocenters. The number of likely N-dealkylation sites (N-methyl/N-ethyl adjacent to an activating group) is 1. The van der Waals surface area contributed by atoms with Crippen LogP contribution in [0.1, 0.15) is 38.8 Å². The number of nitriles is 1. The Bertz CT molecular complexity index is 649. The van der Waals surface area contributed by atoms with Gasteiger partial charge in [-0.25, -0.2) is 0 Å². The number of hydrogen-bond donors (Lipinski definition) is 1. The third-order valence-electron chi connectivity index (χ3n) is 4.40. The molecule has 122 valence electrons. The van der Waals surface area contributed by atoms with Crippen LogP contribution in [0.25, 0.3) is 6.08 Å². The zero-order valence-corrected chi connectivity index (χ0v) is 15.0. The predicted molar refractivity (Wildman–Crippen MR) is 94.2 cm³/mol. The molecule has 0 spiro atoms. The van der Waals surface area contributed by atoms with E-state index in [4.69, 9.17) is 26.2 Å². The normalized spacial score (nSPS) is 19.7. The van der Waals surface area contributed by atoms with Gasteiger partial charge in [0.2, 0.25) is 0 Å². The first kappa shape index (κ1) is 18.0. The van der Waals surface area contributed by atoms with Gasteiger partial charge in [0.15, 0.2) is 0 Å². The molecule has 23 heavy (non-hydrogen) atoms. The zero-order valence-electron chi connectivity index (χ0n) is 14.2. The van der Waals surface area contributed by atoms with Gasteiger partial charge in [0.1, 0.15) is 0 Å². The Labute approximate surface area is 143 Å². The summed E-state index contributed by atoms with van der Waals surface area (Å²) in [4.78, 5) is 0. The summed E-state index contributed by atoms with van der Waals surface area (Å²) in [6.07, 6.45) is 1.93. The minimum absolute atomic E-state index is 0.400. The second kappa shape index (κ2) is 6.66. The first-order chi connectivity index (χ1) is 10.7. The molecule has 0 saturated carbocycles. The largest absolute Gasteiger partial charge is 0.491 e. The van der Waals surface area contributed by atoms with Crippen LogP contribution in [0.2, 0.25) is 5.02 Å². The van der Waals surface area contributed by atoms with Crippen LogP contribution in [0.3, 0.4) is 0 Å². The topological polar surface area (TPSA) is 54.3 Å². The summed E-state index contributed by atoms with van der Waals surface area (Å²) in [6, 6.07) is 7.33. The Morgan fingerprint density at radius 1 is 1.30 bits per heavy atom. The Kier molecular flexibility index (Phi) is 5.22. The molecule has 1 aromatic carbocycles. The van der Waals surface area contributed by atoms with Crippen molar-refractivity contribution in [1.82, 2.24) is 5.32 Å². The number of rotatable bonds is 4. The van der Waals surface area contributed by atoms with E-state index in [1.54, 1.807) is 18.2 Å². The molecule has 0 bridgehead atoms. The zero-order chi connectivity index (χ0) is 17.3. The van der Waals surface area contributed by atoms with Crippen molar-refractivity contribution in [2.75, 3.05) is 13.6 Å². The summed E-state index contributed by atoms with van der Waals surface area (Å²) >= 11 is 6.26. The lowest BCUT2D eigenvalue weighted by atomic mass is 9.77. The van der Waals surface area contributed by atoms with E-state index < -0.39 is 18.3 Å². The fraction of sp³-hybridized carbons (Fsp3) is 0.471. The van der Waals surface area contributed by atoms with Gasteiger partial charge in [0, 0.05) is 11.6 Å². The van der Waals surface area contributed by atoms with E-state index in [2.05, 4.69) is 11.4 Å². The molecule has 1 aliphatic rings. The molecule has 2 rings (SSSR count). The lowest BCUT2D eigenvalue weighted by molar-refractivity contribution is 0.00578. The van der Waals surface area contributed by atoms with Gasteiger partial charge in [-0.05, 0) is 64.0 Å². The quantitative estimate of drug-likeness (QED) is 0.858. The van der Waals surface area contributed by atoms with E-state index in [1.165, 1.54) is 0 Å². The highest BCUT2D eigenvalue weighted by Crippen LogP contribution is 2.39. The summed E-state index contributed by atoms with van der Waals surface area (Å²) in [7, 11) is 1.42. The molecule has 1 heterocycles. The molecule has 1 N–H and O–H groups in total. The van der Waals surface area contributed by atoms with Crippen LogP contribution in [-0.4, -0.2) is 31.9 Å². The Balaban J connectivity index is 2.38. The highest BCUT2D eigenvalue weighted by Gasteiger charge is 2.52. The standard InChI is InChI=1S/C17H22BClN2O2/c1-16(2)17(3,4)23-18(22-16)14(11-21-5)9-13-8-12(10-20)6-7-15(13)19/h6-9,21H,11H2,1-5H3. The SMILES string of the molecule is CNCC(=Cc1cc(C#N)ccc1Cl)B1OC(C)(C)C(C)(C)O1. The Morgan fingerprint density at radius 2 is 1.91 bits per heavy atom. The fourth-order valence-corrected chi connectivity index (χ4v) is 2.50. The molecule has 6 heteroatoms. The summed E-state index contributed by atoms with van der Waals surface area (Å²) in [5.74, 6) is 0. The van der Waals surface area contributed by atoms with E-state index in [-0.39, 0.29) is 0 Å². The van der Waals surface area contributed by atoms with E-state index >= 15 is 0 Å². The number of benzene rings is 1. The van der Waals surface area contributed by atoms with Crippen molar-refractivity contribution in [3.05, 3.63) is 39.8 Å². The maximum atomic E-state index is 9.06.